The van der Waals surface area contributed by atoms with Crippen LogP contribution in [0.15, 0.2) is 36.4 Å². The molecule has 0 radical (unpaired) electrons. The maximum atomic E-state index is 12.5. The standard InChI is InChI=1S/C18H20ClN5O/c1-12-5-6-17(22-21-12)23-8-13-10-24(11-14(13)9-23)18(25)20-16-4-2-3-15(19)7-16/h2-7,13-14H,8-11H2,1H3,(H,20,25). The number of nitrogens with one attached hydrogen (secondary N) is 1. The van der Waals surface area contributed by atoms with Crippen LogP contribution in [0.1, 0.15) is 5.69 Å². The normalized spacial score (nSPS) is 22.2. The Balaban J connectivity index is 1.36. The molecule has 3 heterocycles. The van der Waals surface area contributed by atoms with Gasteiger partial charge in [0.25, 0.3) is 0 Å². The van der Waals surface area contributed by atoms with Crippen LogP contribution in [-0.2, 0) is 0 Å². The highest BCUT2D eigenvalue weighted by Crippen LogP contribution is 2.33. The van der Waals surface area contributed by atoms with E-state index in [4.69, 9.17) is 11.6 Å². The fourth-order valence-electron chi connectivity index (χ4n) is 3.68. The van der Waals surface area contributed by atoms with Crippen LogP contribution in [0.3, 0.4) is 0 Å². The summed E-state index contributed by atoms with van der Waals surface area (Å²) in [4.78, 5) is 16.7. The molecule has 2 unspecified atom stereocenters. The molecule has 130 valence electrons. The highest BCUT2D eigenvalue weighted by atomic mass is 35.5. The number of rotatable bonds is 2. The first-order valence-corrected chi connectivity index (χ1v) is 8.83. The van der Waals surface area contributed by atoms with Crippen LogP contribution in [0.25, 0.3) is 0 Å². The molecule has 2 amide bonds. The molecule has 0 saturated carbocycles. The minimum absolute atomic E-state index is 0.0571. The summed E-state index contributed by atoms with van der Waals surface area (Å²) in [6, 6.07) is 11.2. The predicted octanol–water partition coefficient (Wildman–Crippen LogP) is 3.04. The number of hydrogen-bond donors (Lipinski definition) is 1. The monoisotopic (exact) mass is 357 g/mol. The zero-order valence-electron chi connectivity index (χ0n) is 14.0. The lowest BCUT2D eigenvalue weighted by Gasteiger charge is -2.22. The van der Waals surface area contributed by atoms with E-state index < -0.39 is 0 Å². The van der Waals surface area contributed by atoms with E-state index >= 15 is 0 Å². The molecule has 2 aliphatic heterocycles. The van der Waals surface area contributed by atoms with Gasteiger partial charge in [-0.1, -0.05) is 17.7 Å². The van der Waals surface area contributed by atoms with Gasteiger partial charge >= 0.3 is 6.03 Å². The Kier molecular flexibility index (Phi) is 4.21. The number of amides is 2. The summed E-state index contributed by atoms with van der Waals surface area (Å²) in [5.74, 6) is 1.89. The average Bonchev–Trinajstić information content (AvgIpc) is 3.14. The molecule has 2 aliphatic rings. The number of halogens is 1. The lowest BCUT2D eigenvalue weighted by atomic mass is 10.0. The van der Waals surface area contributed by atoms with Gasteiger partial charge in [0.05, 0.1) is 5.69 Å². The van der Waals surface area contributed by atoms with Crippen LogP contribution in [-0.4, -0.2) is 47.3 Å². The zero-order chi connectivity index (χ0) is 17.4. The molecule has 7 heteroatoms. The van der Waals surface area contributed by atoms with Crippen LogP contribution < -0.4 is 10.2 Å². The second kappa shape index (κ2) is 6.52. The Labute approximate surface area is 151 Å². The van der Waals surface area contributed by atoms with Crippen LogP contribution in [0.5, 0.6) is 0 Å². The maximum absolute atomic E-state index is 12.5. The van der Waals surface area contributed by atoms with Gasteiger partial charge in [-0.25, -0.2) is 4.79 Å². The smallest absolute Gasteiger partial charge is 0.321 e. The number of aryl methyl sites for hydroxylation is 1. The molecule has 0 aliphatic carbocycles. The summed E-state index contributed by atoms with van der Waals surface area (Å²) < 4.78 is 0. The summed E-state index contributed by atoms with van der Waals surface area (Å²) in [6.45, 7) is 5.32. The molecule has 6 nitrogen and oxygen atoms in total. The molecule has 2 aromatic rings. The van der Waals surface area contributed by atoms with E-state index in [1.165, 1.54) is 0 Å². The van der Waals surface area contributed by atoms with Crippen molar-refractivity contribution >= 4 is 29.1 Å². The number of aromatic nitrogens is 2. The maximum Gasteiger partial charge on any atom is 0.321 e. The van der Waals surface area contributed by atoms with Gasteiger partial charge in [0.1, 0.15) is 0 Å². The third kappa shape index (κ3) is 3.39. The van der Waals surface area contributed by atoms with E-state index in [1.54, 1.807) is 12.1 Å². The second-order valence-electron chi connectivity index (χ2n) is 6.80. The van der Waals surface area contributed by atoms with E-state index in [9.17, 15) is 4.79 Å². The van der Waals surface area contributed by atoms with E-state index in [1.807, 2.05) is 36.1 Å². The molecule has 0 spiro atoms. The molecule has 2 saturated heterocycles. The number of benzene rings is 1. The highest BCUT2D eigenvalue weighted by Gasteiger charge is 2.42. The van der Waals surface area contributed by atoms with Gasteiger partial charge in [0.15, 0.2) is 5.82 Å². The molecule has 2 atom stereocenters. The first kappa shape index (κ1) is 16.1. The van der Waals surface area contributed by atoms with E-state index in [0.29, 0.717) is 16.9 Å². The summed E-state index contributed by atoms with van der Waals surface area (Å²) >= 11 is 5.97. The first-order chi connectivity index (χ1) is 12.1. The summed E-state index contributed by atoms with van der Waals surface area (Å²) in [5, 5.41) is 12.0. The van der Waals surface area contributed by atoms with Gasteiger partial charge in [0.2, 0.25) is 0 Å². The Hall–Kier alpha value is -2.34. The summed E-state index contributed by atoms with van der Waals surface area (Å²) in [7, 11) is 0. The lowest BCUT2D eigenvalue weighted by molar-refractivity contribution is 0.219. The second-order valence-corrected chi connectivity index (χ2v) is 7.24. The van der Waals surface area contributed by atoms with Gasteiger partial charge in [-0.2, -0.15) is 5.10 Å². The van der Waals surface area contributed by atoms with Crippen molar-refractivity contribution in [3.05, 3.63) is 47.1 Å². The molecule has 25 heavy (non-hydrogen) atoms. The molecular weight excluding hydrogens is 338 g/mol. The molecule has 1 aromatic heterocycles. The Bertz CT molecular complexity index is 767. The zero-order valence-corrected chi connectivity index (χ0v) is 14.8. The Morgan fingerprint density at radius 3 is 2.52 bits per heavy atom. The molecule has 1 N–H and O–H groups in total. The fraction of sp³-hybridized carbons (Fsp3) is 0.389. The third-order valence-electron chi connectivity index (χ3n) is 4.96. The summed E-state index contributed by atoms with van der Waals surface area (Å²) in [6.07, 6.45) is 0. The Morgan fingerprint density at radius 2 is 1.88 bits per heavy atom. The molecular formula is C18H20ClN5O. The van der Waals surface area contributed by atoms with Crippen LogP contribution in [0, 0.1) is 18.8 Å². The van der Waals surface area contributed by atoms with E-state index in [2.05, 4.69) is 20.4 Å². The number of carbonyl (C=O) groups is 1. The molecule has 4 rings (SSSR count). The van der Waals surface area contributed by atoms with Crippen molar-refractivity contribution in [1.29, 1.82) is 0 Å². The SMILES string of the molecule is Cc1ccc(N2CC3CN(C(=O)Nc4cccc(Cl)c4)CC3C2)nn1. The number of likely N-dealkylation sites (tertiary alicyclic amines) is 1. The van der Waals surface area contributed by atoms with Gasteiger partial charge in [-0.05, 0) is 37.3 Å². The number of fused-ring (bicyclic) bond motifs is 1. The number of nitrogens with zero attached hydrogens (tertiary/aromatic N) is 4. The molecule has 1 aromatic carbocycles. The van der Waals surface area contributed by atoms with Crippen molar-refractivity contribution < 1.29 is 4.79 Å². The van der Waals surface area contributed by atoms with Gasteiger partial charge in [0, 0.05) is 48.7 Å². The van der Waals surface area contributed by atoms with Crippen molar-refractivity contribution in [1.82, 2.24) is 15.1 Å². The van der Waals surface area contributed by atoms with Crippen molar-refractivity contribution in [3.63, 3.8) is 0 Å². The number of carbonyl (C=O) groups excluding carboxylic acids is 1. The average molecular weight is 358 g/mol. The van der Waals surface area contributed by atoms with E-state index in [0.717, 1.165) is 43.4 Å². The first-order valence-electron chi connectivity index (χ1n) is 8.45. The quantitative estimate of drug-likeness (QED) is 0.897. The minimum Gasteiger partial charge on any atom is -0.354 e. The third-order valence-corrected chi connectivity index (χ3v) is 5.19. The van der Waals surface area contributed by atoms with Gasteiger partial charge in [-0.3, -0.25) is 0 Å². The summed E-state index contributed by atoms with van der Waals surface area (Å²) in [5.41, 5.74) is 1.65. The van der Waals surface area contributed by atoms with Gasteiger partial charge in [-0.15, -0.1) is 5.10 Å². The lowest BCUT2D eigenvalue weighted by Crippen LogP contribution is -2.36. The van der Waals surface area contributed by atoms with Crippen molar-refractivity contribution in [2.24, 2.45) is 11.8 Å². The highest BCUT2D eigenvalue weighted by molar-refractivity contribution is 6.30. The molecule has 0 bridgehead atoms. The number of urea groups is 1. The largest absolute Gasteiger partial charge is 0.354 e. The molecule has 2 fully saturated rings. The van der Waals surface area contributed by atoms with Crippen molar-refractivity contribution in [2.75, 3.05) is 36.4 Å². The predicted molar refractivity (Wildman–Crippen MR) is 98.0 cm³/mol. The van der Waals surface area contributed by atoms with E-state index in [-0.39, 0.29) is 6.03 Å². The topological polar surface area (TPSA) is 61.4 Å². The van der Waals surface area contributed by atoms with Crippen molar-refractivity contribution in [2.45, 2.75) is 6.92 Å². The minimum atomic E-state index is -0.0571. The van der Waals surface area contributed by atoms with Crippen LogP contribution in [0.4, 0.5) is 16.3 Å². The number of hydrogen-bond acceptors (Lipinski definition) is 4. The Morgan fingerprint density at radius 1 is 1.12 bits per heavy atom. The van der Waals surface area contributed by atoms with Crippen LogP contribution in [0.2, 0.25) is 5.02 Å². The number of anilines is 2. The van der Waals surface area contributed by atoms with Crippen LogP contribution >= 0.6 is 11.6 Å². The fourth-order valence-corrected chi connectivity index (χ4v) is 3.87. The van der Waals surface area contributed by atoms with Crippen molar-refractivity contribution in [3.8, 4) is 0 Å². The van der Waals surface area contributed by atoms with Gasteiger partial charge < -0.3 is 15.1 Å².